The van der Waals surface area contributed by atoms with E-state index in [0.29, 0.717) is 6.04 Å². The number of carbonyl (C=O) groups is 1. The van der Waals surface area contributed by atoms with Gasteiger partial charge in [0.25, 0.3) is 0 Å². The van der Waals surface area contributed by atoms with Crippen molar-refractivity contribution in [1.82, 2.24) is 15.1 Å². The largest absolute Gasteiger partial charge is 0.331 e. The van der Waals surface area contributed by atoms with Gasteiger partial charge in [-0.3, -0.25) is 0 Å². The van der Waals surface area contributed by atoms with Crippen molar-refractivity contribution in [1.29, 1.82) is 0 Å². The van der Waals surface area contributed by atoms with Gasteiger partial charge in [0.1, 0.15) is 0 Å². The average molecular weight is 253 g/mol. The highest BCUT2D eigenvalue weighted by molar-refractivity contribution is 5.73. The topological polar surface area (TPSA) is 35.6 Å². The SMILES string of the molecule is CN(C)C(=O)N1CCC(NC2CCCCC2)CC1. The van der Waals surface area contributed by atoms with E-state index < -0.39 is 0 Å². The molecule has 0 radical (unpaired) electrons. The van der Waals surface area contributed by atoms with E-state index in [0.717, 1.165) is 32.0 Å². The third kappa shape index (κ3) is 3.61. The fraction of sp³-hybridized carbons (Fsp3) is 0.929. The average Bonchev–Trinajstić information content (AvgIpc) is 2.40. The predicted octanol–water partition coefficient (Wildman–Crippen LogP) is 2.05. The summed E-state index contributed by atoms with van der Waals surface area (Å²) >= 11 is 0. The van der Waals surface area contributed by atoms with Gasteiger partial charge >= 0.3 is 6.03 Å². The molecule has 1 N–H and O–H groups in total. The number of rotatable bonds is 2. The first-order valence-electron chi connectivity index (χ1n) is 7.39. The molecule has 1 aliphatic carbocycles. The van der Waals surface area contributed by atoms with Gasteiger partial charge < -0.3 is 15.1 Å². The Kier molecular flexibility index (Phi) is 4.87. The van der Waals surface area contributed by atoms with Crippen LogP contribution in [0, 0.1) is 0 Å². The number of likely N-dealkylation sites (tertiary alicyclic amines) is 1. The Bertz CT molecular complexity index is 266. The number of carbonyl (C=O) groups excluding carboxylic acids is 1. The first-order valence-corrected chi connectivity index (χ1v) is 7.39. The summed E-state index contributed by atoms with van der Waals surface area (Å²) in [6, 6.07) is 1.52. The molecule has 0 aromatic heterocycles. The number of piperidine rings is 1. The highest BCUT2D eigenvalue weighted by Gasteiger charge is 2.25. The Hall–Kier alpha value is -0.770. The summed E-state index contributed by atoms with van der Waals surface area (Å²) in [7, 11) is 3.66. The van der Waals surface area contributed by atoms with E-state index >= 15 is 0 Å². The smallest absolute Gasteiger partial charge is 0.319 e. The minimum atomic E-state index is 0.158. The predicted molar refractivity (Wildman–Crippen MR) is 73.7 cm³/mol. The fourth-order valence-electron chi connectivity index (χ4n) is 3.12. The van der Waals surface area contributed by atoms with Crippen LogP contribution < -0.4 is 5.32 Å². The maximum absolute atomic E-state index is 11.8. The van der Waals surface area contributed by atoms with Gasteiger partial charge in [-0.15, -0.1) is 0 Å². The van der Waals surface area contributed by atoms with Crippen LogP contribution in [0.3, 0.4) is 0 Å². The van der Waals surface area contributed by atoms with Crippen LogP contribution in [0.2, 0.25) is 0 Å². The van der Waals surface area contributed by atoms with Gasteiger partial charge in [-0.05, 0) is 25.7 Å². The number of nitrogens with zero attached hydrogens (tertiary/aromatic N) is 2. The van der Waals surface area contributed by atoms with Crippen molar-refractivity contribution in [2.45, 2.75) is 57.0 Å². The van der Waals surface area contributed by atoms with Gasteiger partial charge in [-0.1, -0.05) is 19.3 Å². The van der Waals surface area contributed by atoms with Gasteiger partial charge in [0.2, 0.25) is 0 Å². The molecule has 0 spiro atoms. The molecule has 104 valence electrons. The Balaban J connectivity index is 1.71. The zero-order chi connectivity index (χ0) is 13.0. The van der Waals surface area contributed by atoms with Crippen LogP contribution in [-0.2, 0) is 0 Å². The van der Waals surface area contributed by atoms with Crippen molar-refractivity contribution < 1.29 is 4.79 Å². The lowest BCUT2D eigenvalue weighted by molar-refractivity contribution is 0.149. The van der Waals surface area contributed by atoms with Crippen LogP contribution >= 0.6 is 0 Å². The number of amides is 2. The molecule has 2 amide bonds. The van der Waals surface area contributed by atoms with E-state index in [9.17, 15) is 4.79 Å². The van der Waals surface area contributed by atoms with Crippen molar-refractivity contribution >= 4 is 6.03 Å². The third-order valence-corrected chi connectivity index (χ3v) is 4.22. The molecular formula is C14H27N3O. The van der Waals surface area contributed by atoms with Crippen LogP contribution in [0.4, 0.5) is 4.79 Å². The van der Waals surface area contributed by atoms with Crippen molar-refractivity contribution in [2.24, 2.45) is 0 Å². The quantitative estimate of drug-likeness (QED) is 0.817. The summed E-state index contributed by atoms with van der Waals surface area (Å²) in [6.45, 7) is 1.81. The van der Waals surface area contributed by atoms with Crippen molar-refractivity contribution in [3.05, 3.63) is 0 Å². The second-order valence-corrected chi connectivity index (χ2v) is 5.94. The summed E-state index contributed by atoms with van der Waals surface area (Å²) in [5, 5.41) is 3.79. The monoisotopic (exact) mass is 253 g/mol. The first kappa shape index (κ1) is 13.7. The summed E-state index contributed by atoms with van der Waals surface area (Å²) in [4.78, 5) is 15.5. The zero-order valence-corrected chi connectivity index (χ0v) is 11.8. The Morgan fingerprint density at radius 3 is 2.11 bits per heavy atom. The molecule has 2 rings (SSSR count). The summed E-state index contributed by atoms with van der Waals surface area (Å²) in [6.07, 6.45) is 9.08. The van der Waals surface area contributed by atoms with Crippen molar-refractivity contribution in [3.63, 3.8) is 0 Å². The van der Waals surface area contributed by atoms with Crippen LogP contribution in [0.25, 0.3) is 0 Å². The van der Waals surface area contributed by atoms with Crippen molar-refractivity contribution in [3.8, 4) is 0 Å². The molecular weight excluding hydrogens is 226 g/mol. The molecule has 0 bridgehead atoms. The number of nitrogens with one attached hydrogen (secondary N) is 1. The van der Waals surface area contributed by atoms with E-state index in [-0.39, 0.29) is 6.03 Å². The molecule has 4 nitrogen and oxygen atoms in total. The van der Waals surface area contributed by atoms with E-state index in [4.69, 9.17) is 0 Å². The van der Waals surface area contributed by atoms with Crippen molar-refractivity contribution in [2.75, 3.05) is 27.2 Å². The summed E-state index contributed by atoms with van der Waals surface area (Å²) in [5.41, 5.74) is 0. The molecule has 2 aliphatic rings. The summed E-state index contributed by atoms with van der Waals surface area (Å²) < 4.78 is 0. The fourth-order valence-corrected chi connectivity index (χ4v) is 3.12. The number of hydrogen-bond donors (Lipinski definition) is 1. The Morgan fingerprint density at radius 1 is 1.00 bits per heavy atom. The minimum Gasteiger partial charge on any atom is -0.331 e. The Labute approximate surface area is 111 Å². The molecule has 4 heteroatoms. The molecule has 0 atom stereocenters. The van der Waals surface area contributed by atoms with Gasteiger partial charge in [0.15, 0.2) is 0 Å². The summed E-state index contributed by atoms with van der Waals surface area (Å²) in [5.74, 6) is 0. The van der Waals surface area contributed by atoms with Crippen LogP contribution in [0.15, 0.2) is 0 Å². The lowest BCUT2D eigenvalue weighted by atomic mass is 9.93. The standard InChI is InChI=1S/C14H27N3O/c1-16(2)14(18)17-10-8-13(9-11-17)15-12-6-4-3-5-7-12/h12-13,15H,3-11H2,1-2H3. The van der Waals surface area contributed by atoms with Crippen LogP contribution in [0.5, 0.6) is 0 Å². The highest BCUT2D eigenvalue weighted by atomic mass is 16.2. The molecule has 1 saturated heterocycles. The maximum Gasteiger partial charge on any atom is 0.319 e. The van der Waals surface area contributed by atoms with Gasteiger partial charge in [-0.25, -0.2) is 4.79 Å². The van der Waals surface area contributed by atoms with Crippen LogP contribution in [0.1, 0.15) is 44.9 Å². The molecule has 1 heterocycles. The molecule has 0 unspecified atom stereocenters. The normalized spacial score (nSPS) is 23.1. The lowest BCUT2D eigenvalue weighted by Gasteiger charge is -2.36. The molecule has 1 aliphatic heterocycles. The molecule has 2 fully saturated rings. The highest BCUT2D eigenvalue weighted by Crippen LogP contribution is 2.20. The maximum atomic E-state index is 11.8. The van der Waals surface area contributed by atoms with E-state index in [1.54, 1.807) is 4.90 Å². The third-order valence-electron chi connectivity index (χ3n) is 4.22. The second kappa shape index (κ2) is 6.41. The van der Waals surface area contributed by atoms with Gasteiger partial charge in [0.05, 0.1) is 0 Å². The van der Waals surface area contributed by atoms with E-state index in [1.807, 2.05) is 19.0 Å². The second-order valence-electron chi connectivity index (χ2n) is 5.94. The van der Waals surface area contributed by atoms with E-state index in [2.05, 4.69) is 5.32 Å². The number of hydrogen-bond acceptors (Lipinski definition) is 2. The lowest BCUT2D eigenvalue weighted by Crippen LogP contribution is -2.50. The molecule has 0 aromatic carbocycles. The molecule has 18 heavy (non-hydrogen) atoms. The first-order chi connectivity index (χ1) is 8.66. The Morgan fingerprint density at radius 2 is 1.56 bits per heavy atom. The van der Waals surface area contributed by atoms with Gasteiger partial charge in [0, 0.05) is 39.3 Å². The van der Waals surface area contributed by atoms with Crippen LogP contribution in [-0.4, -0.2) is 55.1 Å². The zero-order valence-electron chi connectivity index (χ0n) is 11.8. The molecule has 1 saturated carbocycles. The van der Waals surface area contributed by atoms with Gasteiger partial charge in [-0.2, -0.15) is 0 Å². The molecule has 0 aromatic rings. The number of urea groups is 1. The van der Waals surface area contributed by atoms with E-state index in [1.165, 1.54) is 32.1 Å². The minimum absolute atomic E-state index is 0.158.